The average Bonchev–Trinajstić information content (AvgIpc) is 1.35. The minimum atomic E-state index is -5.08. The van der Waals surface area contributed by atoms with E-state index < -0.39 is 10.4 Å². The molecule has 0 aromatic heterocycles. The minimum absolute atomic E-state index is 0. The predicted molar refractivity (Wildman–Crippen MR) is 21.4 cm³/mol. The quantitative estimate of drug-likeness (QED) is 0.290. The summed E-state index contributed by atoms with van der Waals surface area (Å²) in [4.78, 5) is -0.0903. The number of nitrogens with one attached hydrogen (secondary N) is 1. The van der Waals surface area contributed by atoms with Gasteiger partial charge in [0.15, 0.2) is 0 Å². The predicted octanol–water partition coefficient (Wildman–Crippen LogP) is -0.974. The Morgan fingerprint density at radius 3 is 1.57 bits per heavy atom. The van der Waals surface area contributed by atoms with Crippen molar-refractivity contribution in [1.82, 2.24) is 4.94 Å². The van der Waals surface area contributed by atoms with Crippen LogP contribution in [0.2, 0.25) is 0 Å². The van der Waals surface area contributed by atoms with Crippen LogP contribution in [0.5, 0.6) is 0 Å². The van der Waals surface area contributed by atoms with Gasteiger partial charge < -0.3 is 0 Å². The second-order valence-electron chi connectivity index (χ2n) is 0.515. The maximum absolute atomic E-state index is 10.6. The van der Waals surface area contributed by atoms with Gasteiger partial charge in [-0.25, -0.2) is 0 Å². The molecule has 0 aromatic carbocycles. The summed E-state index contributed by atoms with van der Waals surface area (Å²) in [5.41, 5.74) is 0. The van der Waals surface area contributed by atoms with Crippen LogP contribution in [0.1, 0.15) is 0 Å². The van der Waals surface area contributed by atoms with Gasteiger partial charge in [0.05, 0.1) is 0 Å². The van der Waals surface area contributed by atoms with E-state index in [1.807, 2.05) is 0 Å². The van der Waals surface area contributed by atoms with E-state index >= 15 is 0 Å². The van der Waals surface area contributed by atoms with Crippen molar-refractivity contribution in [2.24, 2.45) is 0 Å². The Labute approximate surface area is 61.7 Å². The molecule has 0 saturated carbocycles. The molecule has 0 radical (unpaired) electrons. The third-order valence-electron chi connectivity index (χ3n) is 0.0922. The van der Waals surface area contributed by atoms with Gasteiger partial charge >= 0.3 is 40.0 Å². The Balaban J connectivity index is 0. The van der Waals surface area contributed by atoms with Gasteiger partial charge in [0.1, 0.15) is 0 Å². The first-order chi connectivity index (χ1) is 2.56. The van der Waals surface area contributed by atoms with Crippen LogP contribution in [-0.4, -0.2) is 38.0 Å². The molecule has 0 aromatic rings. The van der Waals surface area contributed by atoms with Gasteiger partial charge in [-0.1, -0.05) is 3.89 Å². The van der Waals surface area contributed by atoms with Crippen LogP contribution in [0.25, 0.3) is 0 Å². The van der Waals surface area contributed by atoms with Crippen LogP contribution in [0.15, 0.2) is 0 Å². The Morgan fingerprint density at radius 2 is 1.57 bits per heavy atom. The fourth-order valence-corrected chi connectivity index (χ4v) is 0. The molecule has 0 rings (SSSR count). The summed E-state index contributed by atoms with van der Waals surface area (Å²) < 4.78 is 38.6. The summed E-state index contributed by atoms with van der Waals surface area (Å²) in [6.07, 6.45) is 0. The molecule has 3 nitrogen and oxygen atoms in total. The van der Waals surface area contributed by atoms with Crippen LogP contribution >= 0.6 is 0 Å². The summed E-state index contributed by atoms with van der Waals surface area (Å²) in [5.74, 6) is 0. The standard InChI is InChI=1S/F2HNO2S.Na.H/c1-3-6(2,4)5;;/h3H;;. The van der Waals surface area contributed by atoms with Crippen molar-refractivity contribution >= 4 is 40.0 Å². The van der Waals surface area contributed by atoms with Crippen molar-refractivity contribution in [2.75, 3.05) is 0 Å². The van der Waals surface area contributed by atoms with E-state index in [9.17, 15) is 8.37 Å². The number of hydrogen-bond acceptors (Lipinski definition) is 2. The topological polar surface area (TPSA) is 46.2 Å². The van der Waals surface area contributed by atoms with Gasteiger partial charge in [0.2, 0.25) is 0 Å². The molecule has 7 heteroatoms. The average molecular weight is 141 g/mol. The Hall–Kier alpha value is 0.770. The summed E-state index contributed by atoms with van der Waals surface area (Å²) in [5, 5.41) is 0. The fraction of sp³-hybridized carbons (Fsp3) is 0. The van der Waals surface area contributed by atoms with Gasteiger partial charge in [-0.2, -0.15) is 8.42 Å². The van der Waals surface area contributed by atoms with Gasteiger partial charge in [-0.15, -0.1) is 4.48 Å². The van der Waals surface area contributed by atoms with Crippen LogP contribution in [0.3, 0.4) is 0 Å². The molecule has 0 unspecified atom stereocenters. The van der Waals surface area contributed by atoms with Crippen molar-refractivity contribution in [3.05, 3.63) is 0 Å². The monoisotopic (exact) mass is 141 g/mol. The molecule has 0 bridgehead atoms. The number of rotatable bonds is 1. The van der Waals surface area contributed by atoms with Crippen molar-refractivity contribution in [1.29, 1.82) is 0 Å². The molecule has 0 spiro atoms. The third-order valence-corrected chi connectivity index (χ3v) is 0.276. The molecular weight excluding hydrogens is 139 g/mol. The molecule has 0 fully saturated rings. The molecule has 0 aliphatic carbocycles. The van der Waals surface area contributed by atoms with Crippen molar-refractivity contribution < 1.29 is 16.8 Å². The van der Waals surface area contributed by atoms with E-state index in [2.05, 4.69) is 0 Å². The van der Waals surface area contributed by atoms with Gasteiger partial charge in [-0.05, 0) is 4.94 Å². The van der Waals surface area contributed by atoms with Crippen molar-refractivity contribution in [3.8, 4) is 0 Å². The molecule has 0 heterocycles. The zero-order valence-electron chi connectivity index (χ0n) is 2.48. The summed E-state index contributed by atoms with van der Waals surface area (Å²) >= 11 is 0. The van der Waals surface area contributed by atoms with Crippen LogP contribution in [0, 0.1) is 0 Å². The van der Waals surface area contributed by atoms with Gasteiger partial charge in [0.25, 0.3) is 0 Å². The van der Waals surface area contributed by atoms with E-state index in [4.69, 9.17) is 8.42 Å². The number of hydrogen-bond donors (Lipinski definition) is 1. The molecule has 0 amide bonds. The number of halogens is 2. The first-order valence-electron chi connectivity index (χ1n) is 0.881. The summed E-state index contributed by atoms with van der Waals surface area (Å²) in [6, 6.07) is 0. The Kier molecular flexibility index (Phi) is 5.70. The first kappa shape index (κ1) is 10.7. The van der Waals surface area contributed by atoms with E-state index in [1.54, 1.807) is 0 Å². The molecule has 1 N–H and O–H groups in total. The second-order valence-corrected chi connectivity index (χ2v) is 1.54. The maximum atomic E-state index is 10.6. The first-order valence-corrected chi connectivity index (χ1v) is 2.26. The molecule has 0 saturated heterocycles. The third kappa shape index (κ3) is 10.8. The molecular formula is H2F2NNaO2S. The van der Waals surface area contributed by atoms with E-state index in [1.165, 1.54) is 0 Å². The SMILES string of the molecule is O=S(=O)(F)NF.[NaH]. The van der Waals surface area contributed by atoms with Crippen LogP contribution in [0.4, 0.5) is 8.37 Å². The van der Waals surface area contributed by atoms with Crippen molar-refractivity contribution in [2.45, 2.75) is 0 Å². The normalized spacial score (nSPS) is 10.0. The molecule has 0 aliphatic rings. The van der Waals surface area contributed by atoms with E-state index in [-0.39, 0.29) is 34.5 Å². The van der Waals surface area contributed by atoms with E-state index in [0.717, 1.165) is 0 Å². The zero-order chi connectivity index (χ0) is 5.21. The Morgan fingerprint density at radius 1 is 1.43 bits per heavy atom. The van der Waals surface area contributed by atoms with Gasteiger partial charge in [-0.3, -0.25) is 0 Å². The molecule has 0 atom stereocenters. The molecule has 0 aliphatic heterocycles. The molecule has 7 heavy (non-hydrogen) atoms. The summed E-state index contributed by atoms with van der Waals surface area (Å²) in [7, 11) is -5.08. The van der Waals surface area contributed by atoms with Crippen molar-refractivity contribution in [3.63, 3.8) is 0 Å². The van der Waals surface area contributed by atoms with Gasteiger partial charge in [0, 0.05) is 0 Å². The summed E-state index contributed by atoms with van der Waals surface area (Å²) in [6.45, 7) is 0. The van der Waals surface area contributed by atoms with Crippen LogP contribution < -0.4 is 4.94 Å². The zero-order valence-corrected chi connectivity index (χ0v) is 3.30. The fourth-order valence-electron chi connectivity index (χ4n) is 0. The second kappa shape index (κ2) is 3.73. The Bertz CT molecular complexity index is 118. The van der Waals surface area contributed by atoms with E-state index in [0.29, 0.717) is 0 Å². The molecule has 40 valence electrons. The van der Waals surface area contributed by atoms with Crippen LogP contribution in [-0.2, 0) is 10.4 Å².